The van der Waals surface area contributed by atoms with Gasteiger partial charge in [0.2, 0.25) is 5.89 Å². The molecule has 1 unspecified atom stereocenters. The molecule has 1 aliphatic rings. The lowest BCUT2D eigenvalue weighted by molar-refractivity contribution is 0.215. The molecule has 1 aliphatic heterocycles. The number of guanidine groups is 1. The van der Waals surface area contributed by atoms with E-state index in [1.165, 1.54) is 12.8 Å². The quantitative estimate of drug-likeness (QED) is 0.593. The molecule has 148 valence electrons. The monoisotopic (exact) mass is 374 g/mol. The summed E-state index contributed by atoms with van der Waals surface area (Å²) >= 11 is 0. The number of aromatic nitrogens is 2. The van der Waals surface area contributed by atoms with Gasteiger partial charge in [0, 0.05) is 19.0 Å². The molecule has 1 saturated heterocycles. The second-order valence-electron chi connectivity index (χ2n) is 7.85. The molecule has 8 nitrogen and oxygen atoms in total. The molecular weight excluding hydrogens is 344 g/mol. The van der Waals surface area contributed by atoms with E-state index in [1.54, 1.807) is 13.3 Å². The van der Waals surface area contributed by atoms with Gasteiger partial charge in [-0.3, -0.25) is 9.89 Å². The molecule has 3 heterocycles. The number of nitrogens with one attached hydrogen (secondary N) is 2. The summed E-state index contributed by atoms with van der Waals surface area (Å²) in [4.78, 5) is 11.2. The number of hydrogen-bond donors (Lipinski definition) is 2. The van der Waals surface area contributed by atoms with Crippen LogP contribution in [0.1, 0.15) is 57.1 Å². The molecule has 2 aromatic heterocycles. The smallest absolute Gasteiger partial charge is 0.232 e. The maximum atomic E-state index is 5.66. The van der Waals surface area contributed by atoms with E-state index in [0.717, 1.165) is 18.8 Å². The third-order valence-electron chi connectivity index (χ3n) is 4.66. The number of nitrogens with zero attached hydrogens (tertiary/aromatic N) is 4. The number of hydrogen-bond acceptors (Lipinski definition) is 6. The molecular formula is C19H30N6O2. The molecule has 0 bridgehead atoms. The van der Waals surface area contributed by atoms with Gasteiger partial charge in [0.25, 0.3) is 0 Å². The molecule has 0 aliphatic carbocycles. The van der Waals surface area contributed by atoms with Crippen LogP contribution in [0.25, 0.3) is 0 Å². The van der Waals surface area contributed by atoms with Gasteiger partial charge in [-0.2, -0.15) is 4.98 Å². The van der Waals surface area contributed by atoms with E-state index in [1.807, 2.05) is 32.9 Å². The zero-order valence-electron chi connectivity index (χ0n) is 16.7. The summed E-state index contributed by atoms with van der Waals surface area (Å²) in [6.07, 6.45) is 4.20. The summed E-state index contributed by atoms with van der Waals surface area (Å²) in [6.45, 7) is 9.50. The largest absolute Gasteiger partial charge is 0.468 e. The Morgan fingerprint density at radius 3 is 2.67 bits per heavy atom. The maximum Gasteiger partial charge on any atom is 0.232 e. The Balaban J connectivity index is 1.55. The van der Waals surface area contributed by atoms with E-state index in [4.69, 9.17) is 8.94 Å². The number of rotatable bonds is 6. The lowest BCUT2D eigenvalue weighted by Gasteiger charge is -2.26. The van der Waals surface area contributed by atoms with Crippen LogP contribution in [0.4, 0.5) is 0 Å². The summed E-state index contributed by atoms with van der Waals surface area (Å²) < 4.78 is 11.0. The normalized spacial score (nSPS) is 17.3. The first-order valence-electron chi connectivity index (χ1n) is 9.52. The molecule has 0 spiro atoms. The first-order chi connectivity index (χ1) is 13.0. The van der Waals surface area contributed by atoms with Crippen LogP contribution in [0.15, 0.2) is 32.3 Å². The average Bonchev–Trinajstić information content (AvgIpc) is 3.40. The second kappa shape index (κ2) is 8.56. The molecule has 1 fully saturated rings. The average molecular weight is 374 g/mol. The minimum atomic E-state index is -0.156. The van der Waals surface area contributed by atoms with Gasteiger partial charge in [0.1, 0.15) is 5.76 Å². The number of aliphatic imine (C=N–C) groups is 1. The van der Waals surface area contributed by atoms with Crippen LogP contribution in [-0.4, -0.2) is 47.7 Å². The fourth-order valence-electron chi connectivity index (χ4n) is 3.15. The molecule has 2 N–H and O–H groups in total. The Morgan fingerprint density at radius 1 is 1.30 bits per heavy atom. The zero-order chi connectivity index (χ0) is 19.3. The van der Waals surface area contributed by atoms with Crippen molar-refractivity contribution in [3.05, 3.63) is 35.9 Å². The summed E-state index contributed by atoms with van der Waals surface area (Å²) in [5, 5.41) is 10.7. The minimum Gasteiger partial charge on any atom is -0.468 e. The van der Waals surface area contributed by atoms with Crippen LogP contribution in [0, 0.1) is 0 Å². The van der Waals surface area contributed by atoms with Crippen molar-refractivity contribution in [3.63, 3.8) is 0 Å². The number of furan rings is 1. The Bertz CT molecular complexity index is 726. The number of likely N-dealkylation sites (tertiary alicyclic amines) is 1. The van der Waals surface area contributed by atoms with Crippen LogP contribution < -0.4 is 10.6 Å². The summed E-state index contributed by atoms with van der Waals surface area (Å²) in [7, 11) is 1.75. The van der Waals surface area contributed by atoms with Crippen molar-refractivity contribution in [2.24, 2.45) is 4.99 Å². The van der Waals surface area contributed by atoms with Crippen LogP contribution in [0.2, 0.25) is 0 Å². The van der Waals surface area contributed by atoms with Crippen molar-refractivity contribution in [2.45, 2.75) is 51.6 Å². The van der Waals surface area contributed by atoms with Crippen LogP contribution >= 0.6 is 0 Å². The molecule has 8 heteroatoms. The Labute approximate surface area is 160 Å². The van der Waals surface area contributed by atoms with Gasteiger partial charge in [-0.05, 0) is 38.1 Å². The lowest BCUT2D eigenvalue weighted by Crippen LogP contribution is -2.42. The Kier molecular flexibility index (Phi) is 6.15. The van der Waals surface area contributed by atoms with Crippen molar-refractivity contribution in [1.29, 1.82) is 0 Å². The minimum absolute atomic E-state index is 0.156. The summed E-state index contributed by atoms with van der Waals surface area (Å²) in [6, 6.07) is 4.17. The van der Waals surface area contributed by atoms with Gasteiger partial charge in [-0.15, -0.1) is 0 Å². The molecule has 3 rings (SSSR count). The molecule has 0 radical (unpaired) electrons. The van der Waals surface area contributed by atoms with E-state index in [9.17, 15) is 0 Å². The molecule has 27 heavy (non-hydrogen) atoms. The van der Waals surface area contributed by atoms with Crippen molar-refractivity contribution in [1.82, 2.24) is 25.7 Å². The Hall–Kier alpha value is -2.35. The summed E-state index contributed by atoms with van der Waals surface area (Å²) in [5.74, 6) is 2.93. The third kappa shape index (κ3) is 5.09. The van der Waals surface area contributed by atoms with E-state index in [0.29, 0.717) is 30.8 Å². The fourth-order valence-corrected chi connectivity index (χ4v) is 3.15. The first kappa shape index (κ1) is 19.4. The molecule has 0 saturated carbocycles. The highest BCUT2D eigenvalue weighted by molar-refractivity contribution is 5.79. The SMILES string of the molecule is CN=C(NCc1noc(C(C)(C)C)n1)NCC(c1ccco1)N1CCCC1. The maximum absolute atomic E-state index is 5.66. The fraction of sp³-hybridized carbons (Fsp3) is 0.632. The topological polar surface area (TPSA) is 91.7 Å². The van der Waals surface area contributed by atoms with E-state index in [2.05, 4.69) is 30.7 Å². The van der Waals surface area contributed by atoms with Crippen molar-refractivity contribution < 1.29 is 8.94 Å². The van der Waals surface area contributed by atoms with Gasteiger partial charge in [0.15, 0.2) is 11.8 Å². The van der Waals surface area contributed by atoms with Gasteiger partial charge < -0.3 is 19.6 Å². The highest BCUT2D eigenvalue weighted by atomic mass is 16.5. The Morgan fingerprint density at radius 2 is 2.07 bits per heavy atom. The summed E-state index contributed by atoms with van der Waals surface area (Å²) in [5.41, 5.74) is -0.156. The van der Waals surface area contributed by atoms with Crippen molar-refractivity contribution in [3.8, 4) is 0 Å². The first-order valence-corrected chi connectivity index (χ1v) is 9.52. The predicted molar refractivity (Wildman–Crippen MR) is 103 cm³/mol. The predicted octanol–water partition coefficient (Wildman–Crippen LogP) is 2.46. The van der Waals surface area contributed by atoms with Gasteiger partial charge in [0.05, 0.1) is 18.8 Å². The molecule has 0 aromatic carbocycles. The van der Waals surface area contributed by atoms with Crippen LogP contribution in [0.5, 0.6) is 0 Å². The van der Waals surface area contributed by atoms with Crippen molar-refractivity contribution >= 4 is 5.96 Å². The van der Waals surface area contributed by atoms with E-state index in [-0.39, 0.29) is 11.5 Å². The third-order valence-corrected chi connectivity index (χ3v) is 4.66. The standard InChI is InChI=1S/C19H30N6O2/c1-19(2,3)17-23-16(24-27-17)13-22-18(20-4)21-12-14(15-8-7-11-26-15)25-9-5-6-10-25/h7-8,11,14H,5-6,9-10,12-13H2,1-4H3,(H2,20,21,22). The molecule has 1 atom stereocenters. The van der Waals surface area contributed by atoms with Gasteiger partial charge in [-0.25, -0.2) is 0 Å². The molecule has 0 amide bonds. The van der Waals surface area contributed by atoms with Crippen LogP contribution in [-0.2, 0) is 12.0 Å². The molecule has 2 aromatic rings. The lowest BCUT2D eigenvalue weighted by atomic mass is 9.97. The van der Waals surface area contributed by atoms with E-state index < -0.39 is 0 Å². The highest BCUT2D eigenvalue weighted by Gasteiger charge is 2.26. The zero-order valence-corrected chi connectivity index (χ0v) is 16.7. The van der Waals surface area contributed by atoms with Crippen molar-refractivity contribution in [2.75, 3.05) is 26.7 Å². The van der Waals surface area contributed by atoms with Gasteiger partial charge in [-0.1, -0.05) is 25.9 Å². The van der Waals surface area contributed by atoms with E-state index >= 15 is 0 Å². The second-order valence-corrected chi connectivity index (χ2v) is 7.85. The van der Waals surface area contributed by atoms with Gasteiger partial charge >= 0.3 is 0 Å². The highest BCUT2D eigenvalue weighted by Crippen LogP contribution is 2.24. The van der Waals surface area contributed by atoms with Crippen LogP contribution in [0.3, 0.4) is 0 Å².